The zero-order chi connectivity index (χ0) is 15.1. The van der Waals surface area contributed by atoms with Gasteiger partial charge in [0.2, 0.25) is 5.91 Å². The highest BCUT2D eigenvalue weighted by Gasteiger charge is 2.15. The SMILES string of the molecule is CCOc1ccc([C@@H](C)N[C@@H](C)C(N)=O)cc1OCC. The molecule has 0 aliphatic rings. The molecule has 1 rings (SSSR count). The van der Waals surface area contributed by atoms with Crippen LogP contribution in [-0.4, -0.2) is 25.2 Å². The van der Waals surface area contributed by atoms with Crippen molar-refractivity contribution in [2.45, 2.75) is 39.8 Å². The van der Waals surface area contributed by atoms with Crippen LogP contribution < -0.4 is 20.5 Å². The molecule has 0 unspecified atom stereocenters. The van der Waals surface area contributed by atoms with Crippen molar-refractivity contribution in [3.63, 3.8) is 0 Å². The first-order valence-corrected chi connectivity index (χ1v) is 6.94. The van der Waals surface area contributed by atoms with Crippen LogP contribution in [-0.2, 0) is 4.79 Å². The Balaban J connectivity index is 2.89. The number of benzene rings is 1. The number of hydrogen-bond donors (Lipinski definition) is 2. The smallest absolute Gasteiger partial charge is 0.234 e. The predicted molar refractivity (Wildman–Crippen MR) is 79.0 cm³/mol. The van der Waals surface area contributed by atoms with Crippen LogP contribution in [0, 0.1) is 0 Å². The minimum absolute atomic E-state index is 0.00705. The zero-order valence-electron chi connectivity index (χ0n) is 12.6. The Hall–Kier alpha value is -1.75. The van der Waals surface area contributed by atoms with E-state index in [1.165, 1.54) is 0 Å². The van der Waals surface area contributed by atoms with Crippen molar-refractivity contribution in [2.75, 3.05) is 13.2 Å². The van der Waals surface area contributed by atoms with Crippen molar-refractivity contribution in [3.05, 3.63) is 23.8 Å². The Morgan fingerprint density at radius 1 is 1.20 bits per heavy atom. The molecule has 0 saturated heterocycles. The predicted octanol–water partition coefficient (Wildman–Crippen LogP) is 2.01. The van der Waals surface area contributed by atoms with E-state index >= 15 is 0 Å². The van der Waals surface area contributed by atoms with Crippen LogP contribution in [0.25, 0.3) is 0 Å². The highest BCUT2D eigenvalue weighted by atomic mass is 16.5. The highest BCUT2D eigenvalue weighted by molar-refractivity contribution is 5.79. The van der Waals surface area contributed by atoms with Gasteiger partial charge in [-0.1, -0.05) is 6.07 Å². The summed E-state index contributed by atoms with van der Waals surface area (Å²) in [6, 6.07) is 5.38. The van der Waals surface area contributed by atoms with Gasteiger partial charge in [-0.3, -0.25) is 10.1 Å². The van der Waals surface area contributed by atoms with E-state index in [-0.39, 0.29) is 18.0 Å². The highest BCUT2D eigenvalue weighted by Crippen LogP contribution is 2.30. The number of ether oxygens (including phenoxy) is 2. The molecule has 2 atom stereocenters. The molecule has 1 aromatic carbocycles. The van der Waals surface area contributed by atoms with E-state index in [0.717, 1.165) is 11.3 Å². The normalized spacial score (nSPS) is 13.6. The van der Waals surface area contributed by atoms with Crippen LogP contribution in [0.3, 0.4) is 0 Å². The number of primary amides is 1. The molecule has 0 heterocycles. The van der Waals surface area contributed by atoms with E-state index in [9.17, 15) is 4.79 Å². The summed E-state index contributed by atoms with van der Waals surface area (Å²) in [6.07, 6.45) is 0. The molecule has 3 N–H and O–H groups in total. The number of hydrogen-bond acceptors (Lipinski definition) is 4. The molecule has 1 aromatic rings. The van der Waals surface area contributed by atoms with Crippen molar-refractivity contribution in [1.29, 1.82) is 0 Å². The second-order valence-electron chi connectivity index (χ2n) is 4.58. The van der Waals surface area contributed by atoms with Gasteiger partial charge in [-0.2, -0.15) is 0 Å². The van der Waals surface area contributed by atoms with Crippen LogP contribution in [0.5, 0.6) is 11.5 Å². The van der Waals surface area contributed by atoms with Gasteiger partial charge in [0.25, 0.3) is 0 Å². The third-order valence-electron chi connectivity index (χ3n) is 2.99. The van der Waals surface area contributed by atoms with Crippen LogP contribution in [0.1, 0.15) is 39.3 Å². The van der Waals surface area contributed by atoms with Gasteiger partial charge in [0.15, 0.2) is 11.5 Å². The molecule has 0 spiro atoms. The first kappa shape index (κ1) is 16.3. The summed E-state index contributed by atoms with van der Waals surface area (Å²) in [5.41, 5.74) is 6.28. The molecule has 1 amide bonds. The number of nitrogens with one attached hydrogen (secondary N) is 1. The first-order chi connectivity index (χ1) is 9.49. The fourth-order valence-electron chi connectivity index (χ4n) is 1.89. The summed E-state index contributed by atoms with van der Waals surface area (Å²) in [5, 5.41) is 3.15. The second-order valence-corrected chi connectivity index (χ2v) is 4.58. The maximum atomic E-state index is 11.1. The van der Waals surface area contributed by atoms with Gasteiger partial charge in [-0.25, -0.2) is 0 Å². The Kier molecular flexibility index (Phi) is 6.31. The van der Waals surface area contributed by atoms with Gasteiger partial charge in [0.1, 0.15) is 0 Å². The van der Waals surface area contributed by atoms with Gasteiger partial charge in [-0.05, 0) is 45.4 Å². The third kappa shape index (κ3) is 4.42. The molecule has 112 valence electrons. The lowest BCUT2D eigenvalue weighted by atomic mass is 10.1. The van der Waals surface area contributed by atoms with Gasteiger partial charge in [0.05, 0.1) is 19.3 Å². The lowest BCUT2D eigenvalue weighted by molar-refractivity contribution is -0.119. The fraction of sp³-hybridized carbons (Fsp3) is 0.533. The summed E-state index contributed by atoms with van der Waals surface area (Å²) >= 11 is 0. The van der Waals surface area contributed by atoms with Crippen molar-refractivity contribution < 1.29 is 14.3 Å². The topological polar surface area (TPSA) is 73.6 Å². The lowest BCUT2D eigenvalue weighted by Crippen LogP contribution is -2.40. The Morgan fingerprint density at radius 2 is 1.80 bits per heavy atom. The minimum Gasteiger partial charge on any atom is -0.490 e. The monoisotopic (exact) mass is 280 g/mol. The minimum atomic E-state index is -0.382. The fourth-order valence-corrected chi connectivity index (χ4v) is 1.89. The molecule has 20 heavy (non-hydrogen) atoms. The quantitative estimate of drug-likeness (QED) is 0.764. The molecule has 0 aromatic heterocycles. The van der Waals surface area contributed by atoms with E-state index in [4.69, 9.17) is 15.2 Å². The summed E-state index contributed by atoms with van der Waals surface area (Å²) in [4.78, 5) is 11.1. The van der Waals surface area contributed by atoms with E-state index in [2.05, 4.69) is 5.32 Å². The largest absolute Gasteiger partial charge is 0.490 e. The molecule has 0 aliphatic heterocycles. The standard InChI is InChI=1S/C15H24N2O3/c1-5-19-13-8-7-12(9-14(13)20-6-2)10(3)17-11(4)15(16)18/h7-11,17H,5-6H2,1-4H3,(H2,16,18)/t10-,11+/m1/s1. The van der Waals surface area contributed by atoms with Crippen LogP contribution in [0.15, 0.2) is 18.2 Å². The van der Waals surface area contributed by atoms with Crippen molar-refractivity contribution in [3.8, 4) is 11.5 Å². The Bertz CT molecular complexity index is 449. The van der Waals surface area contributed by atoms with E-state index in [1.807, 2.05) is 39.0 Å². The van der Waals surface area contributed by atoms with Crippen LogP contribution in [0.2, 0.25) is 0 Å². The second kappa shape index (κ2) is 7.75. The maximum Gasteiger partial charge on any atom is 0.234 e. The molecule has 5 heteroatoms. The van der Waals surface area contributed by atoms with E-state index in [0.29, 0.717) is 19.0 Å². The van der Waals surface area contributed by atoms with Crippen molar-refractivity contribution in [1.82, 2.24) is 5.32 Å². The number of carbonyl (C=O) groups excluding carboxylic acids is 1. The van der Waals surface area contributed by atoms with E-state index < -0.39 is 0 Å². The first-order valence-electron chi connectivity index (χ1n) is 6.94. The Morgan fingerprint density at radius 3 is 2.35 bits per heavy atom. The molecule has 5 nitrogen and oxygen atoms in total. The van der Waals surface area contributed by atoms with Crippen molar-refractivity contribution in [2.24, 2.45) is 5.73 Å². The number of amides is 1. The van der Waals surface area contributed by atoms with Crippen LogP contribution in [0.4, 0.5) is 0 Å². The Labute approximate surface area is 120 Å². The number of nitrogens with two attached hydrogens (primary N) is 1. The molecule has 0 aliphatic carbocycles. The van der Waals surface area contributed by atoms with E-state index in [1.54, 1.807) is 6.92 Å². The summed E-state index contributed by atoms with van der Waals surface area (Å²) < 4.78 is 11.1. The van der Waals surface area contributed by atoms with Gasteiger partial charge in [0, 0.05) is 6.04 Å². The third-order valence-corrected chi connectivity index (χ3v) is 2.99. The molecular formula is C15H24N2O3. The average Bonchev–Trinajstić information content (AvgIpc) is 2.41. The summed E-state index contributed by atoms with van der Waals surface area (Å²) in [6.45, 7) is 8.75. The van der Waals surface area contributed by atoms with Crippen molar-refractivity contribution >= 4 is 5.91 Å². The zero-order valence-corrected chi connectivity index (χ0v) is 12.6. The molecule has 0 saturated carbocycles. The summed E-state index contributed by atoms with van der Waals surface area (Å²) in [7, 11) is 0. The molecular weight excluding hydrogens is 256 g/mol. The van der Waals surface area contributed by atoms with Crippen LogP contribution >= 0.6 is 0 Å². The number of carbonyl (C=O) groups is 1. The molecule has 0 fully saturated rings. The lowest BCUT2D eigenvalue weighted by Gasteiger charge is -2.20. The van der Waals surface area contributed by atoms with Gasteiger partial charge in [-0.15, -0.1) is 0 Å². The maximum absolute atomic E-state index is 11.1. The average molecular weight is 280 g/mol. The summed E-state index contributed by atoms with van der Waals surface area (Å²) in [5.74, 6) is 1.08. The number of rotatable bonds is 8. The molecule has 0 bridgehead atoms. The van der Waals surface area contributed by atoms with Gasteiger partial charge >= 0.3 is 0 Å². The molecule has 0 radical (unpaired) electrons. The van der Waals surface area contributed by atoms with Gasteiger partial charge < -0.3 is 15.2 Å².